The van der Waals surface area contributed by atoms with Crippen molar-refractivity contribution in [3.8, 4) is 0 Å². The highest BCUT2D eigenvalue weighted by Crippen LogP contribution is 2.21. The average molecular weight is 291 g/mol. The van der Waals surface area contributed by atoms with Crippen molar-refractivity contribution in [3.63, 3.8) is 0 Å². The third-order valence-electron chi connectivity index (χ3n) is 3.83. The summed E-state index contributed by atoms with van der Waals surface area (Å²) in [5.41, 5.74) is 4.00. The van der Waals surface area contributed by atoms with Crippen LogP contribution in [-0.2, 0) is 0 Å². The number of benzene rings is 1. The molecule has 1 aromatic carbocycles. The lowest BCUT2D eigenvalue weighted by Gasteiger charge is -2.30. The van der Waals surface area contributed by atoms with Crippen LogP contribution in [0.4, 0.5) is 0 Å². The van der Waals surface area contributed by atoms with Gasteiger partial charge in [-0.05, 0) is 67.0 Å². The van der Waals surface area contributed by atoms with Gasteiger partial charge in [0.25, 0.3) is 5.91 Å². The predicted octanol–water partition coefficient (Wildman–Crippen LogP) is 2.80. The minimum absolute atomic E-state index is 0.0597. The van der Waals surface area contributed by atoms with Gasteiger partial charge in [0, 0.05) is 18.7 Å². The molecule has 1 amide bonds. The number of hydrogen-bond acceptors (Lipinski definition) is 3. The molecule has 1 saturated heterocycles. The van der Waals surface area contributed by atoms with Crippen LogP contribution in [0.5, 0.6) is 0 Å². The minimum Gasteiger partial charge on any atom is -0.393 e. The van der Waals surface area contributed by atoms with E-state index >= 15 is 0 Å². The first kappa shape index (κ1) is 15.1. The molecule has 4 heteroatoms. The fourth-order valence-electron chi connectivity index (χ4n) is 2.69. The van der Waals surface area contributed by atoms with E-state index in [0.717, 1.165) is 22.3 Å². The van der Waals surface area contributed by atoms with E-state index in [1.165, 1.54) is 0 Å². The van der Waals surface area contributed by atoms with E-state index in [-0.39, 0.29) is 12.0 Å². The van der Waals surface area contributed by atoms with Gasteiger partial charge in [0.05, 0.1) is 6.10 Å². The fraction of sp³-hybridized carbons (Fsp3) is 0.438. The van der Waals surface area contributed by atoms with Crippen LogP contribution in [-0.4, -0.2) is 35.1 Å². The second-order valence-corrected chi connectivity index (χ2v) is 5.66. The molecule has 3 nitrogen and oxygen atoms in total. The summed E-state index contributed by atoms with van der Waals surface area (Å²) in [5, 5.41) is 11.2. The largest absolute Gasteiger partial charge is 0.393 e. The lowest BCUT2D eigenvalue weighted by Crippen LogP contribution is -2.40. The molecule has 108 valence electrons. The molecule has 1 fully saturated rings. The van der Waals surface area contributed by atoms with Crippen LogP contribution in [0.3, 0.4) is 0 Å². The Labute approximate surface area is 125 Å². The Morgan fingerprint density at radius 1 is 1.30 bits per heavy atom. The van der Waals surface area contributed by atoms with E-state index < -0.39 is 0 Å². The van der Waals surface area contributed by atoms with Crippen molar-refractivity contribution >= 4 is 24.6 Å². The number of piperidine rings is 1. The Hall–Kier alpha value is -1.26. The number of aryl methyl sites for hydroxylation is 2. The zero-order valence-electron chi connectivity index (χ0n) is 12.0. The number of carbonyl (C=O) groups is 1. The van der Waals surface area contributed by atoms with Crippen LogP contribution in [0.1, 0.15) is 39.9 Å². The molecule has 1 heterocycles. The molecule has 0 spiro atoms. The van der Waals surface area contributed by atoms with Gasteiger partial charge in [-0.3, -0.25) is 4.79 Å². The van der Waals surface area contributed by atoms with Crippen LogP contribution in [0, 0.1) is 13.8 Å². The van der Waals surface area contributed by atoms with Gasteiger partial charge in [0.1, 0.15) is 0 Å². The number of likely N-dealkylation sites (tertiary alicyclic amines) is 1. The summed E-state index contributed by atoms with van der Waals surface area (Å²) in [6, 6.07) is 3.87. The third kappa shape index (κ3) is 3.25. The topological polar surface area (TPSA) is 40.5 Å². The Bertz CT molecular complexity index is 508. The molecule has 1 aliphatic heterocycles. The van der Waals surface area contributed by atoms with Crippen molar-refractivity contribution in [1.29, 1.82) is 0 Å². The first-order chi connectivity index (χ1) is 9.52. The Balaban J connectivity index is 2.23. The van der Waals surface area contributed by atoms with Crippen molar-refractivity contribution in [1.82, 2.24) is 4.90 Å². The number of thiol groups is 1. The SMILES string of the molecule is Cc1cc(C(=O)N2CCC(O)CC2)cc(C)c1/C=C/S. The number of aliphatic hydroxyl groups is 1. The van der Waals surface area contributed by atoms with Gasteiger partial charge in [-0.15, -0.1) is 0 Å². The second kappa shape index (κ2) is 6.46. The monoisotopic (exact) mass is 291 g/mol. The number of nitrogens with zero attached hydrogens (tertiary/aromatic N) is 1. The van der Waals surface area contributed by atoms with E-state index in [0.29, 0.717) is 25.9 Å². The lowest BCUT2D eigenvalue weighted by molar-refractivity contribution is 0.0546. The highest BCUT2D eigenvalue weighted by atomic mass is 32.1. The van der Waals surface area contributed by atoms with E-state index in [1.807, 2.05) is 37.0 Å². The molecule has 1 aromatic rings. The Kier molecular flexibility index (Phi) is 4.89. The maximum absolute atomic E-state index is 12.5. The molecule has 0 aromatic heterocycles. The zero-order chi connectivity index (χ0) is 14.7. The van der Waals surface area contributed by atoms with Crippen LogP contribution in [0.15, 0.2) is 17.5 Å². The van der Waals surface area contributed by atoms with Gasteiger partial charge in [-0.25, -0.2) is 0 Å². The summed E-state index contributed by atoms with van der Waals surface area (Å²) >= 11 is 4.11. The Morgan fingerprint density at radius 3 is 2.35 bits per heavy atom. The molecule has 0 aliphatic carbocycles. The van der Waals surface area contributed by atoms with Crippen LogP contribution < -0.4 is 0 Å². The summed E-state index contributed by atoms with van der Waals surface area (Å²) in [7, 11) is 0. The van der Waals surface area contributed by atoms with Gasteiger partial charge < -0.3 is 10.0 Å². The van der Waals surface area contributed by atoms with E-state index in [4.69, 9.17) is 0 Å². The summed E-state index contributed by atoms with van der Waals surface area (Å²) in [4.78, 5) is 14.3. The number of carbonyl (C=O) groups excluding carboxylic acids is 1. The third-order valence-corrected chi connectivity index (χ3v) is 3.98. The van der Waals surface area contributed by atoms with Gasteiger partial charge in [0.2, 0.25) is 0 Å². The quantitative estimate of drug-likeness (QED) is 0.823. The van der Waals surface area contributed by atoms with Crippen LogP contribution in [0.2, 0.25) is 0 Å². The summed E-state index contributed by atoms with van der Waals surface area (Å²) in [6.07, 6.45) is 3.03. The summed E-state index contributed by atoms with van der Waals surface area (Å²) in [5.74, 6) is 0.0597. The first-order valence-corrected chi connectivity index (χ1v) is 7.44. The molecule has 0 bridgehead atoms. The van der Waals surface area contributed by atoms with Gasteiger partial charge in [-0.1, -0.05) is 0 Å². The number of hydrogen-bond donors (Lipinski definition) is 2. The summed E-state index contributed by atoms with van der Waals surface area (Å²) < 4.78 is 0. The van der Waals surface area contributed by atoms with E-state index in [9.17, 15) is 9.90 Å². The molecule has 0 radical (unpaired) electrons. The van der Waals surface area contributed by atoms with Gasteiger partial charge in [0.15, 0.2) is 0 Å². The fourth-order valence-corrected chi connectivity index (χ4v) is 2.84. The van der Waals surface area contributed by atoms with Crippen LogP contribution >= 0.6 is 12.6 Å². The maximum Gasteiger partial charge on any atom is 0.253 e. The van der Waals surface area contributed by atoms with Crippen molar-refractivity contribution in [3.05, 3.63) is 39.8 Å². The van der Waals surface area contributed by atoms with Crippen molar-refractivity contribution < 1.29 is 9.90 Å². The molecule has 0 atom stereocenters. The second-order valence-electron chi connectivity index (χ2n) is 5.36. The van der Waals surface area contributed by atoms with Crippen LogP contribution in [0.25, 0.3) is 6.08 Å². The van der Waals surface area contributed by atoms with Gasteiger partial charge in [-0.2, -0.15) is 12.6 Å². The number of amides is 1. The highest BCUT2D eigenvalue weighted by Gasteiger charge is 2.22. The molecule has 20 heavy (non-hydrogen) atoms. The normalized spacial score (nSPS) is 16.9. The van der Waals surface area contributed by atoms with Crippen molar-refractivity contribution in [2.75, 3.05) is 13.1 Å². The predicted molar refractivity (Wildman–Crippen MR) is 85.1 cm³/mol. The molecular weight excluding hydrogens is 270 g/mol. The standard InChI is InChI=1S/C16H21NO2S/c1-11-9-13(10-12(2)15(11)5-8-20)16(19)17-6-3-14(18)4-7-17/h5,8-10,14,18,20H,3-4,6-7H2,1-2H3/b8-5+. The highest BCUT2D eigenvalue weighted by molar-refractivity contribution is 7.83. The van der Waals surface area contributed by atoms with Crippen molar-refractivity contribution in [2.45, 2.75) is 32.8 Å². The number of rotatable bonds is 2. The molecule has 0 saturated carbocycles. The smallest absolute Gasteiger partial charge is 0.253 e. The average Bonchev–Trinajstić information content (AvgIpc) is 2.42. The molecule has 1 aliphatic rings. The summed E-state index contributed by atoms with van der Waals surface area (Å²) in [6.45, 7) is 5.28. The van der Waals surface area contributed by atoms with E-state index in [2.05, 4.69) is 12.6 Å². The maximum atomic E-state index is 12.5. The first-order valence-electron chi connectivity index (χ1n) is 6.92. The zero-order valence-corrected chi connectivity index (χ0v) is 12.9. The van der Waals surface area contributed by atoms with E-state index in [1.54, 1.807) is 5.41 Å². The molecule has 0 unspecified atom stereocenters. The molecular formula is C16H21NO2S. The molecule has 1 N–H and O–H groups in total. The Morgan fingerprint density at radius 2 is 1.85 bits per heavy atom. The minimum atomic E-state index is -0.259. The van der Waals surface area contributed by atoms with Crippen molar-refractivity contribution in [2.24, 2.45) is 0 Å². The number of aliphatic hydroxyl groups excluding tert-OH is 1. The molecule has 2 rings (SSSR count). The lowest BCUT2D eigenvalue weighted by atomic mass is 9.98. The van der Waals surface area contributed by atoms with Gasteiger partial charge >= 0.3 is 0 Å².